The van der Waals surface area contributed by atoms with Gasteiger partial charge in [0, 0.05) is 17.6 Å². The van der Waals surface area contributed by atoms with Crippen LogP contribution < -0.4 is 15.2 Å². The maximum absolute atomic E-state index is 11.8. The molecule has 0 radical (unpaired) electrons. The average molecular weight is 301 g/mol. The quantitative estimate of drug-likeness (QED) is 0.710. The van der Waals surface area contributed by atoms with Gasteiger partial charge in [0.1, 0.15) is 4.99 Å². The molecule has 1 aromatic carbocycles. The second-order valence-electron chi connectivity index (χ2n) is 5.24. The maximum atomic E-state index is 11.8. The Morgan fingerprint density at radius 2 is 2.00 bits per heavy atom. The lowest BCUT2D eigenvalue weighted by molar-refractivity contribution is 0.483. The van der Waals surface area contributed by atoms with Crippen LogP contribution in [-0.4, -0.2) is 18.9 Å². The summed E-state index contributed by atoms with van der Waals surface area (Å²) in [5.74, 6) is 0. The smallest absolute Gasteiger partial charge is 0.277 e. The minimum Gasteiger partial charge on any atom is -0.389 e. The van der Waals surface area contributed by atoms with Crippen molar-refractivity contribution in [1.82, 2.24) is 9.44 Å². The maximum Gasteiger partial charge on any atom is 0.277 e. The molecule has 0 amide bonds. The summed E-state index contributed by atoms with van der Waals surface area (Å²) < 4.78 is 28.5. The number of hydrogen-bond donors (Lipinski definition) is 3. The van der Waals surface area contributed by atoms with Crippen LogP contribution in [0, 0.1) is 0 Å². The molecule has 0 fully saturated rings. The highest BCUT2D eigenvalue weighted by atomic mass is 32.2. The zero-order valence-electron chi connectivity index (χ0n) is 11.2. The summed E-state index contributed by atoms with van der Waals surface area (Å²) in [5, 5.41) is 0. The van der Waals surface area contributed by atoms with Gasteiger partial charge in [-0.3, -0.25) is 0 Å². The van der Waals surface area contributed by atoms with Crippen molar-refractivity contribution in [1.29, 1.82) is 0 Å². The van der Waals surface area contributed by atoms with Gasteiger partial charge in [-0.15, -0.1) is 0 Å². The lowest BCUT2D eigenvalue weighted by Crippen LogP contribution is -2.46. The molecule has 0 saturated carbocycles. The number of rotatable bonds is 5. The monoisotopic (exact) mass is 301 g/mol. The van der Waals surface area contributed by atoms with E-state index in [1.54, 1.807) is 45.0 Å². The van der Waals surface area contributed by atoms with E-state index in [0.29, 0.717) is 0 Å². The van der Waals surface area contributed by atoms with Crippen molar-refractivity contribution in [3.8, 4) is 0 Å². The lowest BCUT2D eigenvalue weighted by Gasteiger charge is -2.20. The Morgan fingerprint density at radius 1 is 1.37 bits per heavy atom. The van der Waals surface area contributed by atoms with E-state index in [2.05, 4.69) is 9.44 Å². The van der Waals surface area contributed by atoms with Crippen LogP contribution in [0.15, 0.2) is 24.3 Å². The second kappa shape index (κ2) is 5.96. The molecule has 1 rings (SSSR count). The largest absolute Gasteiger partial charge is 0.389 e. The van der Waals surface area contributed by atoms with Crippen molar-refractivity contribution in [3.05, 3.63) is 35.4 Å². The minimum absolute atomic E-state index is 0.182. The number of nitrogens with two attached hydrogens (primary N) is 1. The van der Waals surface area contributed by atoms with Gasteiger partial charge in [-0.2, -0.15) is 17.9 Å². The van der Waals surface area contributed by atoms with Crippen LogP contribution in [-0.2, 0) is 16.8 Å². The van der Waals surface area contributed by atoms with E-state index in [1.807, 2.05) is 0 Å². The third-order valence-corrected chi connectivity index (χ3v) is 3.76. The molecular weight excluding hydrogens is 282 g/mol. The number of thiocarbonyl (C=S) groups is 1. The minimum atomic E-state index is -3.53. The van der Waals surface area contributed by atoms with Gasteiger partial charge in [0.2, 0.25) is 0 Å². The fourth-order valence-corrected chi connectivity index (χ4v) is 2.81. The van der Waals surface area contributed by atoms with Crippen LogP contribution in [0.5, 0.6) is 0 Å². The van der Waals surface area contributed by atoms with Gasteiger partial charge in [-0.1, -0.05) is 30.4 Å². The van der Waals surface area contributed by atoms with Crippen molar-refractivity contribution in [2.24, 2.45) is 5.73 Å². The Hall–Kier alpha value is -1.02. The fourth-order valence-electron chi connectivity index (χ4n) is 1.45. The summed E-state index contributed by atoms with van der Waals surface area (Å²) in [5.41, 5.74) is 6.52. The Labute approximate surface area is 119 Å². The average Bonchev–Trinajstić information content (AvgIpc) is 2.24. The molecular formula is C12H19N3O2S2. The highest BCUT2D eigenvalue weighted by molar-refractivity contribution is 7.87. The summed E-state index contributed by atoms with van der Waals surface area (Å²) in [4.78, 5) is 0.289. The van der Waals surface area contributed by atoms with Crippen molar-refractivity contribution >= 4 is 27.4 Å². The topological polar surface area (TPSA) is 84.2 Å². The number of hydrogen-bond acceptors (Lipinski definition) is 3. The van der Waals surface area contributed by atoms with E-state index in [9.17, 15) is 8.42 Å². The molecule has 0 aliphatic carbocycles. The SMILES string of the molecule is CC(C)(C)NS(=O)(=O)NCc1cccc(C(N)=S)c1. The second-order valence-corrected chi connectivity index (χ2v) is 7.18. The first kappa shape index (κ1) is 16.0. The van der Waals surface area contributed by atoms with Gasteiger partial charge in [0.25, 0.3) is 10.2 Å². The third kappa shape index (κ3) is 6.11. The molecule has 0 heterocycles. The molecule has 7 heteroatoms. The zero-order valence-corrected chi connectivity index (χ0v) is 12.9. The van der Waals surface area contributed by atoms with Crippen LogP contribution in [0.2, 0.25) is 0 Å². The molecule has 0 aromatic heterocycles. The van der Waals surface area contributed by atoms with Crippen LogP contribution >= 0.6 is 12.2 Å². The molecule has 0 bridgehead atoms. The Morgan fingerprint density at radius 3 is 2.53 bits per heavy atom. The predicted octanol–water partition coefficient (Wildman–Crippen LogP) is 1.04. The molecule has 0 aliphatic rings. The van der Waals surface area contributed by atoms with E-state index in [1.165, 1.54) is 0 Å². The molecule has 0 aliphatic heterocycles. The van der Waals surface area contributed by atoms with Gasteiger partial charge < -0.3 is 5.73 Å². The first-order chi connectivity index (χ1) is 8.59. The van der Waals surface area contributed by atoms with Gasteiger partial charge >= 0.3 is 0 Å². The lowest BCUT2D eigenvalue weighted by atomic mass is 10.1. The summed E-state index contributed by atoms with van der Waals surface area (Å²) in [6.45, 7) is 5.51. The third-order valence-electron chi connectivity index (χ3n) is 2.12. The van der Waals surface area contributed by atoms with Crippen LogP contribution in [0.25, 0.3) is 0 Å². The summed E-state index contributed by atoms with van der Waals surface area (Å²) in [6.07, 6.45) is 0. The summed E-state index contributed by atoms with van der Waals surface area (Å²) in [6, 6.07) is 7.15. The molecule has 0 spiro atoms. The molecule has 106 valence electrons. The van der Waals surface area contributed by atoms with Gasteiger partial charge in [-0.05, 0) is 32.4 Å². The van der Waals surface area contributed by atoms with E-state index < -0.39 is 15.7 Å². The molecule has 0 atom stereocenters. The molecule has 0 saturated heterocycles. The van der Waals surface area contributed by atoms with Crippen molar-refractivity contribution in [2.45, 2.75) is 32.9 Å². The van der Waals surface area contributed by atoms with E-state index in [-0.39, 0.29) is 11.5 Å². The Bertz CT molecular complexity index is 563. The highest BCUT2D eigenvalue weighted by Crippen LogP contribution is 2.06. The molecule has 19 heavy (non-hydrogen) atoms. The number of nitrogens with one attached hydrogen (secondary N) is 2. The molecule has 0 unspecified atom stereocenters. The molecule has 1 aromatic rings. The highest BCUT2D eigenvalue weighted by Gasteiger charge is 2.19. The van der Waals surface area contributed by atoms with E-state index >= 15 is 0 Å². The normalized spacial score (nSPS) is 12.4. The first-order valence-corrected chi connectivity index (χ1v) is 7.65. The molecule has 5 nitrogen and oxygen atoms in total. The summed E-state index contributed by atoms with van der Waals surface area (Å²) in [7, 11) is -3.53. The first-order valence-electron chi connectivity index (χ1n) is 5.76. The van der Waals surface area contributed by atoms with Crippen LogP contribution in [0.3, 0.4) is 0 Å². The Kier molecular flexibility index (Phi) is 5.03. The van der Waals surface area contributed by atoms with Crippen molar-refractivity contribution < 1.29 is 8.42 Å². The van der Waals surface area contributed by atoms with Gasteiger partial charge in [-0.25, -0.2) is 0 Å². The predicted molar refractivity (Wildman–Crippen MR) is 81.0 cm³/mol. The fraction of sp³-hybridized carbons (Fsp3) is 0.417. The van der Waals surface area contributed by atoms with Gasteiger partial charge in [0.15, 0.2) is 0 Å². The Balaban J connectivity index is 2.72. The summed E-state index contributed by atoms with van der Waals surface area (Å²) >= 11 is 4.88. The van der Waals surface area contributed by atoms with E-state index in [0.717, 1.165) is 11.1 Å². The van der Waals surface area contributed by atoms with Crippen LogP contribution in [0.1, 0.15) is 31.9 Å². The van der Waals surface area contributed by atoms with Crippen LogP contribution in [0.4, 0.5) is 0 Å². The van der Waals surface area contributed by atoms with Crippen molar-refractivity contribution in [2.75, 3.05) is 0 Å². The number of benzene rings is 1. The van der Waals surface area contributed by atoms with Gasteiger partial charge in [0.05, 0.1) is 0 Å². The van der Waals surface area contributed by atoms with Crippen molar-refractivity contribution in [3.63, 3.8) is 0 Å². The zero-order chi connectivity index (χ0) is 14.7. The molecule has 4 N–H and O–H groups in total. The standard InChI is InChI=1S/C12H19N3O2S2/c1-12(2,3)15-19(16,17)14-8-9-5-4-6-10(7-9)11(13)18/h4-7,14-15H,8H2,1-3H3,(H2,13,18). The van der Waals surface area contributed by atoms with E-state index in [4.69, 9.17) is 18.0 Å².